The number of phenols is 1. The third-order valence-electron chi connectivity index (χ3n) is 3.06. The molecule has 0 radical (unpaired) electrons. The molecule has 0 aliphatic rings. The number of carbonyl (C=O) groups excluding carboxylic acids is 1. The van der Waals surface area contributed by atoms with Crippen LogP contribution in [0.2, 0.25) is 5.02 Å². The second-order valence-corrected chi connectivity index (χ2v) is 4.87. The molecule has 0 unspecified atom stereocenters. The zero-order valence-electron chi connectivity index (χ0n) is 11.1. The van der Waals surface area contributed by atoms with Crippen molar-refractivity contribution in [3.8, 4) is 16.9 Å². The summed E-state index contributed by atoms with van der Waals surface area (Å²) in [6.45, 7) is 0. The number of ether oxygens (including phenoxy) is 1. The quantitative estimate of drug-likeness (QED) is 0.871. The first kappa shape index (κ1) is 14.4. The molecule has 0 atom stereocenters. The summed E-state index contributed by atoms with van der Waals surface area (Å²) in [5, 5.41) is 10.6. The Bertz CT molecular complexity index is 606. The van der Waals surface area contributed by atoms with E-state index in [-0.39, 0.29) is 11.7 Å². The van der Waals surface area contributed by atoms with Crippen molar-refractivity contribution in [1.29, 1.82) is 0 Å². The summed E-state index contributed by atoms with van der Waals surface area (Å²) in [4.78, 5) is 11.2. The van der Waals surface area contributed by atoms with Gasteiger partial charge >= 0.3 is 5.97 Å². The van der Waals surface area contributed by atoms with Crippen LogP contribution in [0.15, 0.2) is 42.5 Å². The van der Waals surface area contributed by atoms with Gasteiger partial charge in [0.2, 0.25) is 0 Å². The van der Waals surface area contributed by atoms with Crippen LogP contribution in [-0.2, 0) is 16.0 Å². The average Bonchev–Trinajstić information content (AvgIpc) is 2.47. The first-order valence-corrected chi connectivity index (χ1v) is 6.62. The smallest absolute Gasteiger partial charge is 0.305 e. The molecule has 104 valence electrons. The lowest BCUT2D eigenvalue weighted by Gasteiger charge is -2.08. The second kappa shape index (κ2) is 6.44. The van der Waals surface area contributed by atoms with Gasteiger partial charge < -0.3 is 9.84 Å². The van der Waals surface area contributed by atoms with E-state index in [1.54, 1.807) is 24.3 Å². The number of esters is 1. The molecule has 3 nitrogen and oxygen atoms in total. The van der Waals surface area contributed by atoms with Gasteiger partial charge in [0.25, 0.3) is 0 Å². The summed E-state index contributed by atoms with van der Waals surface area (Å²) in [6, 6.07) is 12.6. The number of hydrogen-bond donors (Lipinski definition) is 1. The number of hydrogen-bond acceptors (Lipinski definition) is 3. The van der Waals surface area contributed by atoms with Crippen molar-refractivity contribution in [3.05, 3.63) is 53.1 Å². The Kier molecular flexibility index (Phi) is 4.64. The number of carbonyl (C=O) groups is 1. The molecule has 0 bridgehead atoms. The standard InChI is InChI=1S/C16H15ClO3/c1-20-16(19)9-3-11-2-8-15(18)14(10-11)12-4-6-13(17)7-5-12/h2,4-8,10,18H,3,9H2,1H3. The molecule has 0 aliphatic heterocycles. The fourth-order valence-corrected chi connectivity index (χ4v) is 2.07. The Morgan fingerprint density at radius 1 is 1.20 bits per heavy atom. The molecule has 1 N–H and O–H groups in total. The summed E-state index contributed by atoms with van der Waals surface area (Å²) in [5.41, 5.74) is 2.58. The Labute approximate surface area is 122 Å². The Balaban J connectivity index is 2.24. The highest BCUT2D eigenvalue weighted by Gasteiger charge is 2.07. The van der Waals surface area contributed by atoms with E-state index < -0.39 is 0 Å². The van der Waals surface area contributed by atoms with Crippen LogP contribution in [0.4, 0.5) is 0 Å². The minimum Gasteiger partial charge on any atom is -0.507 e. The minimum atomic E-state index is -0.244. The molecule has 20 heavy (non-hydrogen) atoms. The van der Waals surface area contributed by atoms with E-state index in [9.17, 15) is 9.90 Å². The number of methoxy groups -OCH3 is 1. The summed E-state index contributed by atoms with van der Waals surface area (Å²) in [6.07, 6.45) is 0.898. The lowest BCUT2D eigenvalue weighted by atomic mass is 10.00. The Morgan fingerprint density at radius 2 is 1.90 bits per heavy atom. The normalized spacial score (nSPS) is 10.3. The highest BCUT2D eigenvalue weighted by Crippen LogP contribution is 2.31. The average molecular weight is 291 g/mol. The predicted octanol–water partition coefficient (Wildman–Crippen LogP) is 3.82. The van der Waals surface area contributed by atoms with Crippen molar-refractivity contribution in [3.63, 3.8) is 0 Å². The largest absolute Gasteiger partial charge is 0.507 e. The summed E-state index contributed by atoms with van der Waals surface area (Å²) >= 11 is 5.86. The molecule has 0 spiro atoms. The van der Waals surface area contributed by atoms with Crippen LogP contribution in [-0.4, -0.2) is 18.2 Å². The third-order valence-corrected chi connectivity index (χ3v) is 3.31. The fraction of sp³-hybridized carbons (Fsp3) is 0.188. The third kappa shape index (κ3) is 3.52. The molecule has 2 aromatic carbocycles. The maximum Gasteiger partial charge on any atom is 0.305 e. The van der Waals surface area contributed by atoms with Gasteiger partial charge in [0, 0.05) is 17.0 Å². The number of halogens is 1. The van der Waals surface area contributed by atoms with Gasteiger partial charge in [0.15, 0.2) is 0 Å². The van der Waals surface area contributed by atoms with E-state index >= 15 is 0 Å². The first-order valence-electron chi connectivity index (χ1n) is 6.25. The maximum atomic E-state index is 11.2. The Morgan fingerprint density at radius 3 is 2.55 bits per heavy atom. The van der Waals surface area contributed by atoms with E-state index in [1.165, 1.54) is 7.11 Å². The highest BCUT2D eigenvalue weighted by molar-refractivity contribution is 6.30. The molecular weight excluding hydrogens is 276 g/mol. The van der Waals surface area contributed by atoms with Gasteiger partial charge in [-0.2, -0.15) is 0 Å². The van der Waals surface area contributed by atoms with Crippen molar-refractivity contribution in [2.75, 3.05) is 7.11 Å². The molecular formula is C16H15ClO3. The molecule has 2 aromatic rings. The number of aryl methyl sites for hydroxylation is 1. The van der Waals surface area contributed by atoms with Gasteiger partial charge in [-0.15, -0.1) is 0 Å². The molecule has 0 saturated carbocycles. The zero-order valence-corrected chi connectivity index (χ0v) is 11.9. The summed E-state index contributed by atoms with van der Waals surface area (Å²) in [5.74, 6) is -0.0414. The van der Waals surface area contributed by atoms with Crippen molar-refractivity contribution < 1.29 is 14.6 Å². The predicted molar refractivity (Wildman–Crippen MR) is 78.9 cm³/mol. The van der Waals surface area contributed by atoms with Crippen LogP contribution in [0.3, 0.4) is 0 Å². The lowest BCUT2D eigenvalue weighted by molar-refractivity contribution is -0.140. The number of rotatable bonds is 4. The van der Waals surface area contributed by atoms with Crippen molar-refractivity contribution >= 4 is 17.6 Å². The molecule has 0 amide bonds. The van der Waals surface area contributed by atoms with Gasteiger partial charge in [0.05, 0.1) is 7.11 Å². The molecule has 0 aromatic heterocycles. The highest BCUT2D eigenvalue weighted by atomic mass is 35.5. The molecule has 0 saturated heterocycles. The molecule has 2 rings (SSSR count). The molecule has 4 heteroatoms. The van der Waals surface area contributed by atoms with E-state index in [1.807, 2.05) is 18.2 Å². The number of benzene rings is 2. The molecule has 0 fully saturated rings. The molecule has 0 heterocycles. The van der Waals surface area contributed by atoms with E-state index in [4.69, 9.17) is 11.6 Å². The number of aromatic hydroxyl groups is 1. The summed E-state index contributed by atoms with van der Waals surface area (Å²) in [7, 11) is 1.37. The van der Waals surface area contributed by atoms with Crippen LogP contribution in [0.5, 0.6) is 5.75 Å². The van der Waals surface area contributed by atoms with E-state index in [0.717, 1.165) is 16.7 Å². The van der Waals surface area contributed by atoms with E-state index in [2.05, 4.69) is 4.74 Å². The zero-order chi connectivity index (χ0) is 14.5. The van der Waals surface area contributed by atoms with Gasteiger partial charge in [-0.3, -0.25) is 4.79 Å². The second-order valence-electron chi connectivity index (χ2n) is 4.43. The monoisotopic (exact) mass is 290 g/mol. The van der Waals surface area contributed by atoms with Crippen LogP contribution in [0.1, 0.15) is 12.0 Å². The van der Waals surface area contributed by atoms with Crippen LogP contribution < -0.4 is 0 Å². The fourth-order valence-electron chi connectivity index (χ4n) is 1.95. The van der Waals surface area contributed by atoms with Crippen molar-refractivity contribution in [1.82, 2.24) is 0 Å². The maximum absolute atomic E-state index is 11.2. The number of phenolic OH excluding ortho intramolecular Hbond substituents is 1. The van der Waals surface area contributed by atoms with Gasteiger partial charge in [-0.05, 0) is 41.8 Å². The van der Waals surface area contributed by atoms with E-state index in [0.29, 0.717) is 17.9 Å². The molecule has 0 aliphatic carbocycles. The van der Waals surface area contributed by atoms with Gasteiger partial charge in [-0.1, -0.05) is 29.8 Å². The first-order chi connectivity index (χ1) is 9.60. The van der Waals surface area contributed by atoms with Gasteiger partial charge in [0.1, 0.15) is 5.75 Å². The SMILES string of the molecule is COC(=O)CCc1ccc(O)c(-c2ccc(Cl)cc2)c1. The Hall–Kier alpha value is -2.00. The topological polar surface area (TPSA) is 46.5 Å². The van der Waals surface area contributed by atoms with Crippen molar-refractivity contribution in [2.45, 2.75) is 12.8 Å². The van der Waals surface area contributed by atoms with Crippen LogP contribution in [0, 0.1) is 0 Å². The van der Waals surface area contributed by atoms with Crippen molar-refractivity contribution in [2.24, 2.45) is 0 Å². The van der Waals surface area contributed by atoms with Crippen LogP contribution >= 0.6 is 11.6 Å². The minimum absolute atomic E-state index is 0.203. The van der Waals surface area contributed by atoms with Crippen LogP contribution in [0.25, 0.3) is 11.1 Å². The summed E-state index contributed by atoms with van der Waals surface area (Å²) < 4.78 is 4.62. The lowest BCUT2D eigenvalue weighted by Crippen LogP contribution is -2.01. The van der Waals surface area contributed by atoms with Gasteiger partial charge in [-0.25, -0.2) is 0 Å².